The Kier molecular flexibility index (Phi) is 3.54. The molecule has 0 spiro atoms. The molecular formula is C15H13NO. The number of benzene rings is 2. The van der Waals surface area contributed by atoms with E-state index in [1.54, 1.807) is 0 Å². The lowest BCUT2D eigenvalue weighted by Crippen LogP contribution is -1.85. The summed E-state index contributed by atoms with van der Waals surface area (Å²) in [7, 11) is 0. The second-order valence-electron chi connectivity index (χ2n) is 3.89. The Labute approximate surface area is 101 Å². The summed E-state index contributed by atoms with van der Waals surface area (Å²) in [4.78, 5) is 0. The van der Waals surface area contributed by atoms with Crippen molar-refractivity contribution >= 4 is 0 Å². The second kappa shape index (κ2) is 5.29. The van der Waals surface area contributed by atoms with Crippen LogP contribution in [-0.4, -0.2) is 5.11 Å². The van der Waals surface area contributed by atoms with Crippen LogP contribution in [0.1, 0.15) is 11.1 Å². The van der Waals surface area contributed by atoms with Gasteiger partial charge in [0, 0.05) is 0 Å². The van der Waals surface area contributed by atoms with Gasteiger partial charge in [0.2, 0.25) is 0 Å². The first-order valence-corrected chi connectivity index (χ1v) is 5.49. The number of aliphatic hydroxyl groups excluding tert-OH is 1. The molecule has 0 aliphatic heterocycles. The van der Waals surface area contributed by atoms with Crippen molar-refractivity contribution in [2.75, 3.05) is 0 Å². The molecule has 0 saturated heterocycles. The van der Waals surface area contributed by atoms with Crippen LogP contribution < -0.4 is 0 Å². The molecule has 0 unspecified atom stereocenters. The van der Waals surface area contributed by atoms with Crippen LogP contribution in [0.4, 0.5) is 0 Å². The van der Waals surface area contributed by atoms with Crippen LogP contribution in [-0.2, 0) is 13.0 Å². The lowest BCUT2D eigenvalue weighted by Gasteiger charge is -2.04. The second-order valence-corrected chi connectivity index (χ2v) is 3.89. The summed E-state index contributed by atoms with van der Waals surface area (Å²) in [6, 6.07) is 17.9. The highest BCUT2D eigenvalue weighted by atomic mass is 16.3. The van der Waals surface area contributed by atoms with Gasteiger partial charge in [-0.3, -0.25) is 0 Å². The molecule has 17 heavy (non-hydrogen) atoms. The van der Waals surface area contributed by atoms with Crippen LogP contribution in [0.25, 0.3) is 11.1 Å². The number of aliphatic hydroxyl groups is 1. The minimum Gasteiger partial charge on any atom is -0.392 e. The molecule has 2 heteroatoms. The third-order valence-electron chi connectivity index (χ3n) is 2.68. The van der Waals surface area contributed by atoms with Crippen LogP contribution in [0.5, 0.6) is 0 Å². The Morgan fingerprint density at radius 3 is 2.35 bits per heavy atom. The van der Waals surface area contributed by atoms with E-state index in [0.717, 1.165) is 22.3 Å². The Morgan fingerprint density at radius 1 is 0.941 bits per heavy atom. The van der Waals surface area contributed by atoms with Crippen LogP contribution in [0.3, 0.4) is 0 Å². The van der Waals surface area contributed by atoms with Crippen molar-refractivity contribution in [3.63, 3.8) is 0 Å². The third-order valence-corrected chi connectivity index (χ3v) is 2.68. The Bertz CT molecular complexity index is 538. The summed E-state index contributed by atoms with van der Waals surface area (Å²) < 4.78 is 0. The molecule has 0 radical (unpaired) electrons. The number of rotatable bonds is 3. The van der Waals surface area contributed by atoms with Crippen molar-refractivity contribution in [2.45, 2.75) is 13.0 Å². The molecule has 2 nitrogen and oxygen atoms in total. The lowest BCUT2D eigenvalue weighted by molar-refractivity contribution is 0.282. The van der Waals surface area contributed by atoms with Crippen LogP contribution >= 0.6 is 0 Å². The molecule has 2 rings (SSSR count). The van der Waals surface area contributed by atoms with Gasteiger partial charge >= 0.3 is 0 Å². The van der Waals surface area contributed by atoms with Gasteiger partial charge in [0.15, 0.2) is 0 Å². The van der Waals surface area contributed by atoms with Crippen LogP contribution in [0, 0.1) is 11.3 Å². The number of nitriles is 1. The monoisotopic (exact) mass is 223 g/mol. The van der Waals surface area contributed by atoms with Crippen molar-refractivity contribution in [1.82, 2.24) is 0 Å². The SMILES string of the molecule is N#CCc1ccc(-c2cccc(CO)c2)cc1. The van der Waals surface area contributed by atoms with E-state index in [2.05, 4.69) is 6.07 Å². The first kappa shape index (κ1) is 11.4. The Hall–Kier alpha value is -2.11. The minimum atomic E-state index is 0.0559. The summed E-state index contributed by atoms with van der Waals surface area (Å²) in [5, 5.41) is 17.7. The molecule has 0 aromatic heterocycles. The van der Waals surface area contributed by atoms with Gasteiger partial charge in [0.05, 0.1) is 19.1 Å². The maximum absolute atomic E-state index is 9.09. The number of nitrogens with zero attached hydrogens (tertiary/aromatic N) is 1. The Morgan fingerprint density at radius 2 is 1.71 bits per heavy atom. The van der Waals surface area contributed by atoms with Crippen LogP contribution in [0.2, 0.25) is 0 Å². The Balaban J connectivity index is 2.30. The normalized spacial score (nSPS) is 9.88. The average Bonchev–Trinajstić information content (AvgIpc) is 2.40. The zero-order valence-electron chi connectivity index (χ0n) is 9.43. The molecule has 0 bridgehead atoms. The molecule has 84 valence electrons. The molecule has 1 N–H and O–H groups in total. The molecular weight excluding hydrogens is 210 g/mol. The van der Waals surface area contributed by atoms with Crippen molar-refractivity contribution in [3.8, 4) is 17.2 Å². The van der Waals surface area contributed by atoms with Gasteiger partial charge in [0.25, 0.3) is 0 Å². The van der Waals surface area contributed by atoms with Gasteiger partial charge in [-0.25, -0.2) is 0 Å². The van der Waals surface area contributed by atoms with Crippen LogP contribution in [0.15, 0.2) is 48.5 Å². The fourth-order valence-corrected chi connectivity index (χ4v) is 1.76. The summed E-state index contributed by atoms with van der Waals surface area (Å²) in [6.45, 7) is 0.0559. The van der Waals surface area contributed by atoms with Gasteiger partial charge in [-0.2, -0.15) is 5.26 Å². The van der Waals surface area contributed by atoms with Crippen molar-refractivity contribution in [2.24, 2.45) is 0 Å². The first-order chi connectivity index (χ1) is 8.33. The molecule has 0 fully saturated rings. The van der Waals surface area contributed by atoms with E-state index in [-0.39, 0.29) is 6.61 Å². The zero-order chi connectivity index (χ0) is 12.1. The average molecular weight is 223 g/mol. The van der Waals surface area contributed by atoms with Gasteiger partial charge in [-0.15, -0.1) is 0 Å². The summed E-state index contributed by atoms with van der Waals surface area (Å²) in [5.41, 5.74) is 4.11. The zero-order valence-corrected chi connectivity index (χ0v) is 9.43. The molecule has 0 saturated carbocycles. The maximum atomic E-state index is 9.09. The largest absolute Gasteiger partial charge is 0.392 e. The van der Waals surface area contributed by atoms with E-state index in [1.807, 2.05) is 48.5 Å². The highest BCUT2D eigenvalue weighted by molar-refractivity contribution is 5.64. The highest BCUT2D eigenvalue weighted by Crippen LogP contribution is 2.21. The number of hydrogen-bond acceptors (Lipinski definition) is 2. The minimum absolute atomic E-state index is 0.0559. The molecule has 0 heterocycles. The van der Waals surface area contributed by atoms with E-state index < -0.39 is 0 Å². The van der Waals surface area contributed by atoms with E-state index >= 15 is 0 Å². The van der Waals surface area contributed by atoms with Crippen molar-refractivity contribution in [3.05, 3.63) is 59.7 Å². The molecule has 2 aromatic carbocycles. The van der Waals surface area contributed by atoms with E-state index in [1.165, 1.54) is 0 Å². The molecule has 0 aliphatic carbocycles. The van der Waals surface area contributed by atoms with Gasteiger partial charge in [-0.05, 0) is 28.3 Å². The smallest absolute Gasteiger partial charge is 0.0682 e. The molecule has 0 amide bonds. The maximum Gasteiger partial charge on any atom is 0.0682 e. The van der Waals surface area contributed by atoms with E-state index in [9.17, 15) is 0 Å². The predicted molar refractivity (Wildman–Crippen MR) is 67.1 cm³/mol. The summed E-state index contributed by atoms with van der Waals surface area (Å²) in [6.07, 6.45) is 0.441. The molecule has 0 atom stereocenters. The quantitative estimate of drug-likeness (QED) is 0.869. The highest BCUT2D eigenvalue weighted by Gasteiger charge is 1.99. The van der Waals surface area contributed by atoms with Crippen molar-refractivity contribution in [1.29, 1.82) is 5.26 Å². The van der Waals surface area contributed by atoms with Gasteiger partial charge in [-0.1, -0.05) is 42.5 Å². The van der Waals surface area contributed by atoms with Crippen molar-refractivity contribution < 1.29 is 5.11 Å². The summed E-state index contributed by atoms with van der Waals surface area (Å²) in [5.74, 6) is 0. The first-order valence-electron chi connectivity index (χ1n) is 5.49. The van der Waals surface area contributed by atoms with Gasteiger partial charge in [0.1, 0.15) is 0 Å². The fraction of sp³-hybridized carbons (Fsp3) is 0.133. The predicted octanol–water partition coefficient (Wildman–Crippen LogP) is 2.91. The number of hydrogen-bond donors (Lipinski definition) is 1. The van der Waals surface area contributed by atoms with Gasteiger partial charge < -0.3 is 5.11 Å². The standard InChI is InChI=1S/C15H13NO/c16-9-8-12-4-6-14(7-5-12)15-3-1-2-13(10-15)11-17/h1-7,10,17H,8,11H2. The lowest BCUT2D eigenvalue weighted by atomic mass is 10.0. The summed E-state index contributed by atoms with van der Waals surface area (Å²) >= 11 is 0. The third kappa shape index (κ3) is 2.72. The molecule has 0 aliphatic rings. The topological polar surface area (TPSA) is 44.0 Å². The molecule has 2 aromatic rings. The van der Waals surface area contributed by atoms with E-state index in [0.29, 0.717) is 6.42 Å². The van der Waals surface area contributed by atoms with E-state index in [4.69, 9.17) is 10.4 Å². The fourth-order valence-electron chi connectivity index (χ4n) is 1.76.